The van der Waals surface area contributed by atoms with E-state index < -0.39 is 18.4 Å². The van der Waals surface area contributed by atoms with E-state index in [2.05, 4.69) is 44.0 Å². The monoisotopic (exact) mass is 441 g/mol. The SMILES string of the molecule is CCC[CH2][Sn]([CH2]CCC)([CH2]CCC)[c]1ccc2[nH]c(=O)sc2c1. The molecule has 0 saturated heterocycles. The molecule has 1 heterocycles. The van der Waals surface area contributed by atoms with Gasteiger partial charge in [-0.05, 0) is 0 Å². The van der Waals surface area contributed by atoms with Crippen LogP contribution < -0.4 is 8.45 Å². The minimum absolute atomic E-state index is 0.0774. The fourth-order valence-corrected chi connectivity index (χ4v) is 20.7. The van der Waals surface area contributed by atoms with E-state index in [1.165, 1.54) is 63.2 Å². The van der Waals surface area contributed by atoms with Gasteiger partial charge in [0.1, 0.15) is 0 Å². The van der Waals surface area contributed by atoms with E-state index >= 15 is 0 Å². The summed E-state index contributed by atoms with van der Waals surface area (Å²) < 4.78 is 7.28. The van der Waals surface area contributed by atoms with Crippen molar-refractivity contribution in [3.8, 4) is 0 Å². The molecule has 0 saturated carbocycles. The summed E-state index contributed by atoms with van der Waals surface area (Å²) in [4.78, 5) is 14.7. The van der Waals surface area contributed by atoms with Gasteiger partial charge in [0.15, 0.2) is 0 Å². The Bertz CT molecular complexity index is 639. The van der Waals surface area contributed by atoms with Gasteiger partial charge in [0.2, 0.25) is 0 Å². The fraction of sp³-hybridized carbons (Fsp3) is 0.632. The summed E-state index contributed by atoms with van der Waals surface area (Å²) in [6.07, 6.45) is 8.05. The average molecular weight is 440 g/mol. The van der Waals surface area contributed by atoms with Crippen LogP contribution in [0.3, 0.4) is 0 Å². The molecule has 4 heteroatoms. The van der Waals surface area contributed by atoms with Crippen LogP contribution in [0.25, 0.3) is 10.2 Å². The molecule has 0 atom stereocenters. The molecule has 128 valence electrons. The Hall–Kier alpha value is -0.291. The molecule has 1 aromatic carbocycles. The molecule has 0 aliphatic carbocycles. The van der Waals surface area contributed by atoms with Crippen molar-refractivity contribution < 1.29 is 0 Å². The number of benzene rings is 1. The zero-order chi connectivity index (χ0) is 16.7. The second-order valence-electron chi connectivity index (χ2n) is 6.82. The van der Waals surface area contributed by atoms with E-state index in [0.717, 1.165) is 10.2 Å². The summed E-state index contributed by atoms with van der Waals surface area (Å²) in [5.74, 6) is 0. The van der Waals surface area contributed by atoms with Crippen molar-refractivity contribution in [1.82, 2.24) is 4.98 Å². The molecule has 0 unspecified atom stereocenters. The predicted octanol–water partition coefficient (Wildman–Crippen LogP) is 5.65. The molecule has 23 heavy (non-hydrogen) atoms. The molecule has 0 fully saturated rings. The number of thiazole rings is 1. The number of nitrogens with one attached hydrogen (secondary N) is 1. The third-order valence-electron chi connectivity index (χ3n) is 5.06. The van der Waals surface area contributed by atoms with Crippen molar-refractivity contribution >= 4 is 43.5 Å². The molecule has 0 radical (unpaired) electrons. The van der Waals surface area contributed by atoms with Crippen molar-refractivity contribution in [3.05, 3.63) is 27.9 Å². The Morgan fingerprint density at radius 2 is 1.52 bits per heavy atom. The third-order valence-corrected chi connectivity index (χ3v) is 21.5. The van der Waals surface area contributed by atoms with Gasteiger partial charge >= 0.3 is 149 Å². The molecule has 2 rings (SSSR count). The van der Waals surface area contributed by atoms with Gasteiger partial charge in [0.25, 0.3) is 0 Å². The quantitative estimate of drug-likeness (QED) is 0.477. The summed E-state index contributed by atoms with van der Waals surface area (Å²) in [5, 5.41) is 0. The van der Waals surface area contributed by atoms with E-state index in [-0.39, 0.29) is 4.87 Å². The summed E-state index contributed by atoms with van der Waals surface area (Å²) in [7, 11) is 0. The predicted molar refractivity (Wildman–Crippen MR) is 107 cm³/mol. The first kappa shape index (κ1) is 19.0. The number of rotatable bonds is 10. The second kappa shape index (κ2) is 9.26. The first-order valence-corrected chi connectivity index (χ1v) is 17.6. The van der Waals surface area contributed by atoms with E-state index in [9.17, 15) is 4.79 Å². The van der Waals surface area contributed by atoms with Gasteiger partial charge in [-0.15, -0.1) is 0 Å². The van der Waals surface area contributed by atoms with Crippen LogP contribution in [0, 0.1) is 0 Å². The van der Waals surface area contributed by atoms with Gasteiger partial charge < -0.3 is 0 Å². The molecule has 0 spiro atoms. The molecule has 0 aliphatic heterocycles. The Morgan fingerprint density at radius 1 is 0.957 bits per heavy atom. The molecule has 0 aliphatic rings. The maximum atomic E-state index is 11.6. The number of hydrogen-bond donors (Lipinski definition) is 1. The van der Waals surface area contributed by atoms with Crippen LogP contribution >= 0.6 is 11.3 Å². The zero-order valence-electron chi connectivity index (χ0n) is 14.9. The molecule has 2 aromatic rings. The molecule has 0 amide bonds. The Balaban J connectivity index is 2.42. The van der Waals surface area contributed by atoms with E-state index in [1.54, 1.807) is 3.58 Å². The van der Waals surface area contributed by atoms with Gasteiger partial charge in [0.05, 0.1) is 0 Å². The molecular weight excluding hydrogens is 409 g/mol. The van der Waals surface area contributed by atoms with Gasteiger partial charge in [-0.2, -0.15) is 0 Å². The first-order valence-electron chi connectivity index (χ1n) is 9.28. The van der Waals surface area contributed by atoms with Gasteiger partial charge in [0, 0.05) is 0 Å². The van der Waals surface area contributed by atoms with Gasteiger partial charge in [-0.3, -0.25) is 0 Å². The standard InChI is InChI=1S/C7H4NOS.3C4H9.Sn/c9-7-8-5-3-1-2-4-6(5)10-7;3*1-3-4-2;/h1,3-4H,(H,8,9);3*1,3-4H2,2H3;. The molecule has 1 N–H and O–H groups in total. The number of aromatic amines is 1. The average Bonchev–Trinajstić information content (AvgIpc) is 2.93. The van der Waals surface area contributed by atoms with Gasteiger partial charge in [-0.25, -0.2) is 0 Å². The Labute approximate surface area is 148 Å². The third kappa shape index (κ3) is 4.85. The van der Waals surface area contributed by atoms with Crippen LogP contribution in [0.15, 0.2) is 23.0 Å². The van der Waals surface area contributed by atoms with Crippen molar-refractivity contribution in [3.63, 3.8) is 0 Å². The number of H-pyrrole nitrogens is 1. The maximum absolute atomic E-state index is 11.6. The number of aromatic nitrogens is 1. The minimum atomic E-state index is -2.35. The zero-order valence-corrected chi connectivity index (χ0v) is 18.6. The van der Waals surface area contributed by atoms with Crippen LogP contribution in [0.5, 0.6) is 0 Å². The summed E-state index contributed by atoms with van der Waals surface area (Å²) in [6, 6.07) is 6.91. The van der Waals surface area contributed by atoms with Crippen LogP contribution in [-0.4, -0.2) is 23.4 Å². The fourth-order valence-electron chi connectivity index (χ4n) is 3.63. The van der Waals surface area contributed by atoms with Crippen molar-refractivity contribution in [2.75, 3.05) is 0 Å². The van der Waals surface area contributed by atoms with Crippen LogP contribution in [-0.2, 0) is 0 Å². The topological polar surface area (TPSA) is 32.9 Å². The number of fused-ring (bicyclic) bond motifs is 1. The summed E-state index contributed by atoms with van der Waals surface area (Å²) in [5.41, 5.74) is 1.02. The van der Waals surface area contributed by atoms with E-state index in [1.807, 2.05) is 0 Å². The van der Waals surface area contributed by atoms with Crippen molar-refractivity contribution in [2.24, 2.45) is 0 Å². The molecule has 0 bridgehead atoms. The molecular formula is C19H31NOSSn. The van der Waals surface area contributed by atoms with Crippen LogP contribution in [0.4, 0.5) is 0 Å². The Morgan fingerprint density at radius 3 is 2.04 bits per heavy atom. The van der Waals surface area contributed by atoms with Crippen LogP contribution in [0.1, 0.15) is 59.3 Å². The summed E-state index contributed by atoms with van der Waals surface area (Å²) in [6.45, 7) is 6.95. The van der Waals surface area contributed by atoms with Crippen molar-refractivity contribution in [1.29, 1.82) is 0 Å². The van der Waals surface area contributed by atoms with Crippen LogP contribution in [0.2, 0.25) is 13.3 Å². The second-order valence-corrected chi connectivity index (χ2v) is 21.1. The van der Waals surface area contributed by atoms with E-state index in [4.69, 9.17) is 0 Å². The number of hydrogen-bond acceptors (Lipinski definition) is 2. The normalized spacial score (nSPS) is 12.1. The number of unbranched alkanes of at least 4 members (excludes halogenated alkanes) is 3. The molecule has 2 nitrogen and oxygen atoms in total. The van der Waals surface area contributed by atoms with Crippen molar-refractivity contribution in [2.45, 2.75) is 72.6 Å². The Kier molecular flexibility index (Phi) is 7.66. The van der Waals surface area contributed by atoms with E-state index in [0.29, 0.717) is 0 Å². The van der Waals surface area contributed by atoms with Gasteiger partial charge in [-0.1, -0.05) is 0 Å². The molecule has 1 aromatic heterocycles. The first-order chi connectivity index (χ1) is 11.1. The summed E-state index contributed by atoms with van der Waals surface area (Å²) >= 11 is -0.970.